The predicted octanol–water partition coefficient (Wildman–Crippen LogP) is 2.93. The molecule has 0 heterocycles. The second kappa shape index (κ2) is 6.50. The molecule has 1 amide bonds. The first-order valence-corrected chi connectivity index (χ1v) is 6.23. The Bertz CT molecular complexity index is 387. The molecule has 1 aromatic carbocycles. The van der Waals surface area contributed by atoms with E-state index >= 15 is 0 Å². The van der Waals surface area contributed by atoms with Gasteiger partial charge >= 0.3 is 0 Å². The molecule has 0 saturated heterocycles. The van der Waals surface area contributed by atoms with Crippen molar-refractivity contribution in [2.24, 2.45) is 0 Å². The van der Waals surface area contributed by atoms with Gasteiger partial charge in [-0.15, -0.1) is 0 Å². The second-order valence-corrected chi connectivity index (χ2v) is 5.04. The molecule has 0 saturated carbocycles. The molecule has 18 heavy (non-hydrogen) atoms. The van der Waals surface area contributed by atoms with E-state index in [9.17, 15) is 9.18 Å². The number of hydrogen-bond donors (Lipinski definition) is 2. The minimum atomic E-state index is -0.310. The molecule has 0 aliphatic rings. The van der Waals surface area contributed by atoms with Crippen molar-refractivity contribution in [2.45, 2.75) is 39.2 Å². The first kappa shape index (κ1) is 14.6. The van der Waals surface area contributed by atoms with Crippen LogP contribution in [0.25, 0.3) is 0 Å². The average Bonchev–Trinajstić information content (AvgIpc) is 2.30. The number of hydrogen-bond acceptors (Lipinski definition) is 2. The standard InChI is InChI=1S/C14H21FN2O/c1-4-9-14(2,3)16-10-13(18)17-12-7-5-11(15)6-8-12/h5-8,16H,4,9-10H2,1-3H3,(H,17,18). The Kier molecular flexibility index (Phi) is 5.28. The number of amides is 1. The van der Waals surface area contributed by atoms with E-state index in [1.807, 2.05) is 0 Å². The van der Waals surface area contributed by atoms with Gasteiger partial charge in [-0.2, -0.15) is 0 Å². The Morgan fingerprint density at radius 3 is 2.44 bits per heavy atom. The maximum atomic E-state index is 12.7. The van der Waals surface area contributed by atoms with Crippen LogP contribution in [0.5, 0.6) is 0 Å². The first-order chi connectivity index (χ1) is 8.43. The first-order valence-electron chi connectivity index (χ1n) is 6.23. The molecule has 3 nitrogen and oxygen atoms in total. The van der Waals surface area contributed by atoms with Crippen LogP contribution in [0.15, 0.2) is 24.3 Å². The lowest BCUT2D eigenvalue weighted by atomic mass is 9.99. The van der Waals surface area contributed by atoms with Gasteiger partial charge in [0.1, 0.15) is 5.82 Å². The third-order valence-corrected chi connectivity index (χ3v) is 2.73. The fourth-order valence-electron chi connectivity index (χ4n) is 1.77. The third-order valence-electron chi connectivity index (χ3n) is 2.73. The summed E-state index contributed by atoms with van der Waals surface area (Å²) in [6.07, 6.45) is 2.08. The van der Waals surface area contributed by atoms with Gasteiger partial charge in [0.05, 0.1) is 6.54 Å². The molecule has 0 atom stereocenters. The fourth-order valence-corrected chi connectivity index (χ4v) is 1.77. The van der Waals surface area contributed by atoms with Crippen LogP contribution in [0, 0.1) is 5.82 Å². The Morgan fingerprint density at radius 2 is 1.89 bits per heavy atom. The van der Waals surface area contributed by atoms with Crippen LogP contribution >= 0.6 is 0 Å². The third kappa shape index (κ3) is 5.27. The summed E-state index contributed by atoms with van der Waals surface area (Å²) < 4.78 is 12.7. The van der Waals surface area contributed by atoms with Gasteiger partial charge < -0.3 is 10.6 Å². The molecule has 0 fully saturated rings. The SMILES string of the molecule is CCCC(C)(C)NCC(=O)Nc1ccc(F)cc1. The number of carbonyl (C=O) groups is 1. The summed E-state index contributed by atoms with van der Waals surface area (Å²) in [5, 5.41) is 5.92. The summed E-state index contributed by atoms with van der Waals surface area (Å²) in [5.41, 5.74) is 0.561. The summed E-state index contributed by atoms with van der Waals surface area (Å²) in [5.74, 6) is -0.430. The summed E-state index contributed by atoms with van der Waals surface area (Å²) >= 11 is 0. The molecular weight excluding hydrogens is 231 g/mol. The van der Waals surface area contributed by atoms with E-state index in [-0.39, 0.29) is 23.8 Å². The molecule has 4 heteroatoms. The molecule has 0 aliphatic heterocycles. The van der Waals surface area contributed by atoms with E-state index in [0.717, 1.165) is 12.8 Å². The second-order valence-electron chi connectivity index (χ2n) is 5.04. The van der Waals surface area contributed by atoms with Crippen molar-refractivity contribution in [2.75, 3.05) is 11.9 Å². The number of benzene rings is 1. The summed E-state index contributed by atoms with van der Waals surface area (Å²) in [7, 11) is 0. The highest BCUT2D eigenvalue weighted by molar-refractivity contribution is 5.92. The molecule has 0 aliphatic carbocycles. The van der Waals surface area contributed by atoms with Gasteiger partial charge in [-0.1, -0.05) is 13.3 Å². The molecule has 1 aromatic rings. The monoisotopic (exact) mass is 252 g/mol. The molecule has 0 radical (unpaired) electrons. The predicted molar refractivity (Wildman–Crippen MR) is 72.0 cm³/mol. The smallest absolute Gasteiger partial charge is 0.238 e. The van der Waals surface area contributed by atoms with Crippen molar-refractivity contribution in [3.05, 3.63) is 30.1 Å². The van der Waals surface area contributed by atoms with Crippen molar-refractivity contribution >= 4 is 11.6 Å². The maximum absolute atomic E-state index is 12.7. The number of carbonyl (C=O) groups excluding carboxylic acids is 1. The number of anilines is 1. The lowest BCUT2D eigenvalue weighted by Crippen LogP contribution is -2.43. The molecule has 1 rings (SSSR count). The van der Waals surface area contributed by atoms with E-state index in [1.54, 1.807) is 12.1 Å². The summed E-state index contributed by atoms with van der Waals surface area (Å²) in [6, 6.07) is 5.74. The van der Waals surface area contributed by atoms with Crippen molar-refractivity contribution in [1.82, 2.24) is 5.32 Å². The van der Waals surface area contributed by atoms with Gasteiger partial charge in [-0.25, -0.2) is 4.39 Å². The Labute approximate surface area is 108 Å². The largest absolute Gasteiger partial charge is 0.325 e. The van der Waals surface area contributed by atoms with Gasteiger partial charge in [-0.05, 0) is 44.5 Å². The van der Waals surface area contributed by atoms with Crippen LogP contribution < -0.4 is 10.6 Å². The molecule has 2 N–H and O–H groups in total. The Hall–Kier alpha value is -1.42. The number of halogens is 1. The highest BCUT2D eigenvalue weighted by Crippen LogP contribution is 2.11. The zero-order valence-electron chi connectivity index (χ0n) is 11.2. The molecule has 0 unspecified atom stereocenters. The van der Waals surface area contributed by atoms with Crippen LogP contribution in [0.3, 0.4) is 0 Å². The molecule has 0 bridgehead atoms. The van der Waals surface area contributed by atoms with Gasteiger partial charge in [0.25, 0.3) is 0 Å². The topological polar surface area (TPSA) is 41.1 Å². The lowest BCUT2D eigenvalue weighted by Gasteiger charge is -2.25. The highest BCUT2D eigenvalue weighted by atomic mass is 19.1. The number of nitrogens with one attached hydrogen (secondary N) is 2. The normalized spacial score (nSPS) is 11.3. The summed E-state index contributed by atoms with van der Waals surface area (Å²) in [4.78, 5) is 11.7. The minimum Gasteiger partial charge on any atom is -0.325 e. The van der Waals surface area contributed by atoms with Crippen molar-refractivity contribution in [3.63, 3.8) is 0 Å². The Balaban J connectivity index is 2.40. The fraction of sp³-hybridized carbons (Fsp3) is 0.500. The van der Waals surface area contributed by atoms with Crippen molar-refractivity contribution in [3.8, 4) is 0 Å². The number of rotatable bonds is 6. The lowest BCUT2D eigenvalue weighted by molar-refractivity contribution is -0.115. The van der Waals surface area contributed by atoms with E-state index < -0.39 is 0 Å². The summed E-state index contributed by atoms with van der Waals surface area (Å²) in [6.45, 7) is 6.51. The molecule has 100 valence electrons. The van der Waals surface area contributed by atoms with Crippen molar-refractivity contribution < 1.29 is 9.18 Å². The van der Waals surface area contributed by atoms with Crippen LogP contribution in [0.1, 0.15) is 33.6 Å². The van der Waals surface area contributed by atoms with Crippen LogP contribution in [-0.2, 0) is 4.79 Å². The average molecular weight is 252 g/mol. The maximum Gasteiger partial charge on any atom is 0.238 e. The van der Waals surface area contributed by atoms with E-state index in [4.69, 9.17) is 0 Å². The molecule has 0 aromatic heterocycles. The Morgan fingerprint density at radius 1 is 1.28 bits per heavy atom. The van der Waals surface area contributed by atoms with Crippen LogP contribution in [-0.4, -0.2) is 18.0 Å². The molecule has 0 spiro atoms. The zero-order valence-corrected chi connectivity index (χ0v) is 11.2. The van der Waals surface area contributed by atoms with E-state index in [0.29, 0.717) is 5.69 Å². The van der Waals surface area contributed by atoms with Gasteiger partial charge in [0, 0.05) is 11.2 Å². The minimum absolute atomic E-state index is 0.0467. The van der Waals surface area contributed by atoms with E-state index in [2.05, 4.69) is 31.4 Å². The quantitative estimate of drug-likeness (QED) is 0.817. The zero-order chi connectivity index (χ0) is 13.6. The van der Waals surface area contributed by atoms with Gasteiger partial charge in [0.2, 0.25) is 5.91 Å². The van der Waals surface area contributed by atoms with Crippen LogP contribution in [0.4, 0.5) is 10.1 Å². The molecular formula is C14H21FN2O. The highest BCUT2D eigenvalue weighted by Gasteiger charge is 2.16. The van der Waals surface area contributed by atoms with Crippen LogP contribution in [0.2, 0.25) is 0 Å². The van der Waals surface area contributed by atoms with E-state index in [1.165, 1.54) is 12.1 Å². The van der Waals surface area contributed by atoms with Gasteiger partial charge in [-0.3, -0.25) is 4.79 Å². The van der Waals surface area contributed by atoms with Gasteiger partial charge in [0.15, 0.2) is 0 Å². The van der Waals surface area contributed by atoms with Crippen molar-refractivity contribution in [1.29, 1.82) is 0 Å².